The predicted molar refractivity (Wildman–Crippen MR) is 69.4 cm³/mol. The molecule has 0 N–H and O–H groups in total. The van der Waals surface area contributed by atoms with Crippen molar-refractivity contribution in [3.8, 4) is 5.75 Å². The smallest absolute Gasteiger partial charge is 0.138 e. The lowest BCUT2D eigenvalue weighted by Gasteiger charge is -2.09. The lowest BCUT2D eigenvalue weighted by atomic mass is 10.1. The summed E-state index contributed by atoms with van der Waals surface area (Å²) in [6.45, 7) is 2.87. The first-order valence-electron chi connectivity index (χ1n) is 5.63. The van der Waals surface area contributed by atoms with Gasteiger partial charge in [-0.05, 0) is 17.9 Å². The standard InChI is InChI=1S/C14H15ClO/c1-2-3-10-16-13-9-8-11-6-4-5-7-12(11)14(13)15/h4-9H,2-3,10H2,1H3. The minimum atomic E-state index is 0.717. The highest BCUT2D eigenvalue weighted by Gasteiger charge is 2.05. The summed E-state index contributed by atoms with van der Waals surface area (Å²) in [5.74, 6) is 0.786. The third-order valence-corrected chi connectivity index (χ3v) is 2.97. The third kappa shape index (κ3) is 2.30. The Kier molecular flexibility index (Phi) is 3.68. The van der Waals surface area contributed by atoms with Crippen LogP contribution in [0, 0.1) is 0 Å². The molecule has 2 heteroatoms. The molecule has 0 fully saturated rings. The van der Waals surface area contributed by atoms with Gasteiger partial charge in [-0.3, -0.25) is 0 Å². The number of unbranched alkanes of at least 4 members (excludes halogenated alkanes) is 1. The number of rotatable bonds is 4. The Balaban J connectivity index is 2.29. The number of fused-ring (bicyclic) bond motifs is 1. The molecule has 2 rings (SSSR count). The van der Waals surface area contributed by atoms with Gasteiger partial charge in [0, 0.05) is 5.39 Å². The van der Waals surface area contributed by atoms with Crippen molar-refractivity contribution in [2.24, 2.45) is 0 Å². The van der Waals surface area contributed by atoms with E-state index in [9.17, 15) is 0 Å². The highest BCUT2D eigenvalue weighted by Crippen LogP contribution is 2.32. The van der Waals surface area contributed by atoms with Crippen LogP contribution in [0.5, 0.6) is 5.75 Å². The Hall–Kier alpha value is -1.21. The Morgan fingerprint density at radius 2 is 1.94 bits per heavy atom. The van der Waals surface area contributed by atoms with Gasteiger partial charge in [-0.25, -0.2) is 0 Å². The number of benzene rings is 2. The molecule has 0 aliphatic rings. The van der Waals surface area contributed by atoms with Crippen LogP contribution >= 0.6 is 11.6 Å². The molecule has 0 aromatic heterocycles. The molecule has 16 heavy (non-hydrogen) atoms. The first-order chi connectivity index (χ1) is 7.83. The summed E-state index contributed by atoms with van der Waals surface area (Å²) in [7, 11) is 0. The second-order valence-corrected chi connectivity index (χ2v) is 4.18. The van der Waals surface area contributed by atoms with Crippen molar-refractivity contribution in [3.05, 3.63) is 41.4 Å². The lowest BCUT2D eigenvalue weighted by molar-refractivity contribution is 0.310. The van der Waals surface area contributed by atoms with Crippen LogP contribution in [0.4, 0.5) is 0 Å². The van der Waals surface area contributed by atoms with E-state index < -0.39 is 0 Å². The van der Waals surface area contributed by atoms with Crippen LogP contribution in [0.25, 0.3) is 10.8 Å². The maximum absolute atomic E-state index is 6.30. The van der Waals surface area contributed by atoms with Crippen molar-refractivity contribution in [1.29, 1.82) is 0 Å². The van der Waals surface area contributed by atoms with Gasteiger partial charge >= 0.3 is 0 Å². The van der Waals surface area contributed by atoms with Crippen LogP contribution < -0.4 is 4.74 Å². The molecule has 0 saturated carbocycles. The predicted octanol–water partition coefficient (Wildman–Crippen LogP) is 4.67. The summed E-state index contributed by atoms with van der Waals surface area (Å²) >= 11 is 6.30. The van der Waals surface area contributed by atoms with E-state index in [1.54, 1.807) is 0 Å². The highest BCUT2D eigenvalue weighted by molar-refractivity contribution is 6.37. The molecule has 0 unspecified atom stereocenters. The largest absolute Gasteiger partial charge is 0.492 e. The molecule has 2 aromatic carbocycles. The molecule has 2 aromatic rings. The summed E-state index contributed by atoms with van der Waals surface area (Å²) in [5.41, 5.74) is 0. The van der Waals surface area contributed by atoms with Gasteiger partial charge in [0.25, 0.3) is 0 Å². The number of hydrogen-bond acceptors (Lipinski definition) is 1. The first kappa shape index (κ1) is 11.3. The SMILES string of the molecule is CCCCOc1ccc2ccccc2c1Cl. The van der Waals surface area contributed by atoms with Gasteiger partial charge in [0.2, 0.25) is 0 Å². The molecule has 0 bridgehead atoms. The second-order valence-electron chi connectivity index (χ2n) is 3.80. The molecule has 0 aliphatic heterocycles. The summed E-state index contributed by atoms with van der Waals surface area (Å²) in [6.07, 6.45) is 2.19. The fourth-order valence-electron chi connectivity index (χ4n) is 1.65. The molecule has 1 nitrogen and oxygen atoms in total. The molecule has 0 radical (unpaired) electrons. The van der Waals surface area contributed by atoms with Crippen LogP contribution in [0.3, 0.4) is 0 Å². The topological polar surface area (TPSA) is 9.23 Å². The zero-order valence-corrected chi connectivity index (χ0v) is 10.1. The van der Waals surface area contributed by atoms with Gasteiger partial charge in [-0.1, -0.05) is 55.3 Å². The van der Waals surface area contributed by atoms with E-state index in [4.69, 9.17) is 16.3 Å². The molecular weight excluding hydrogens is 220 g/mol. The number of hydrogen-bond donors (Lipinski definition) is 0. The van der Waals surface area contributed by atoms with Crippen molar-refractivity contribution < 1.29 is 4.74 Å². The fourth-order valence-corrected chi connectivity index (χ4v) is 1.94. The van der Waals surface area contributed by atoms with Gasteiger partial charge in [0.1, 0.15) is 5.75 Å². The minimum absolute atomic E-state index is 0.717. The highest BCUT2D eigenvalue weighted by atomic mass is 35.5. The van der Waals surface area contributed by atoms with Crippen molar-refractivity contribution in [2.75, 3.05) is 6.61 Å². The zero-order valence-electron chi connectivity index (χ0n) is 9.37. The van der Waals surface area contributed by atoms with E-state index in [1.165, 1.54) is 0 Å². The van der Waals surface area contributed by atoms with Crippen molar-refractivity contribution in [1.82, 2.24) is 0 Å². The Bertz CT molecular complexity index is 479. The van der Waals surface area contributed by atoms with Gasteiger partial charge < -0.3 is 4.74 Å². The minimum Gasteiger partial charge on any atom is -0.492 e. The van der Waals surface area contributed by atoms with Crippen LogP contribution in [0.15, 0.2) is 36.4 Å². The summed E-state index contributed by atoms with van der Waals surface area (Å²) < 4.78 is 5.65. The Morgan fingerprint density at radius 3 is 2.75 bits per heavy atom. The van der Waals surface area contributed by atoms with E-state index >= 15 is 0 Å². The van der Waals surface area contributed by atoms with Crippen LogP contribution in [0.2, 0.25) is 5.02 Å². The molecular formula is C14H15ClO. The van der Waals surface area contributed by atoms with Crippen LogP contribution in [-0.2, 0) is 0 Å². The molecule has 0 atom stereocenters. The summed E-state index contributed by atoms with van der Waals surface area (Å²) in [5, 5.41) is 2.92. The van der Waals surface area contributed by atoms with Gasteiger partial charge in [-0.15, -0.1) is 0 Å². The third-order valence-electron chi connectivity index (χ3n) is 2.58. The van der Waals surface area contributed by atoms with Crippen LogP contribution in [0.1, 0.15) is 19.8 Å². The molecule has 0 amide bonds. The van der Waals surface area contributed by atoms with Gasteiger partial charge in [-0.2, -0.15) is 0 Å². The number of halogens is 1. The monoisotopic (exact) mass is 234 g/mol. The number of ether oxygens (including phenoxy) is 1. The normalized spacial score (nSPS) is 10.6. The van der Waals surface area contributed by atoms with E-state index in [1.807, 2.05) is 30.3 Å². The average molecular weight is 235 g/mol. The fraction of sp³-hybridized carbons (Fsp3) is 0.286. The Labute approximate surface area is 101 Å². The van der Waals surface area contributed by atoms with Crippen molar-refractivity contribution in [2.45, 2.75) is 19.8 Å². The van der Waals surface area contributed by atoms with E-state index in [-0.39, 0.29) is 0 Å². The average Bonchev–Trinajstić information content (AvgIpc) is 2.33. The van der Waals surface area contributed by atoms with Gasteiger partial charge in [0.15, 0.2) is 0 Å². The zero-order chi connectivity index (χ0) is 11.4. The summed E-state index contributed by atoms with van der Waals surface area (Å²) in [4.78, 5) is 0. The Morgan fingerprint density at radius 1 is 1.12 bits per heavy atom. The quantitative estimate of drug-likeness (QED) is 0.699. The van der Waals surface area contributed by atoms with E-state index in [0.717, 1.165) is 36.0 Å². The molecule has 84 valence electrons. The first-order valence-corrected chi connectivity index (χ1v) is 6.00. The second kappa shape index (κ2) is 5.22. The molecule has 0 saturated heterocycles. The van der Waals surface area contributed by atoms with Crippen molar-refractivity contribution in [3.63, 3.8) is 0 Å². The van der Waals surface area contributed by atoms with Crippen molar-refractivity contribution >= 4 is 22.4 Å². The summed E-state index contributed by atoms with van der Waals surface area (Å²) in [6, 6.07) is 12.1. The molecule has 0 spiro atoms. The molecule has 0 heterocycles. The maximum Gasteiger partial charge on any atom is 0.138 e. The van der Waals surface area contributed by atoms with E-state index in [0.29, 0.717) is 5.02 Å². The van der Waals surface area contributed by atoms with E-state index in [2.05, 4.69) is 13.0 Å². The van der Waals surface area contributed by atoms with Gasteiger partial charge in [0.05, 0.1) is 11.6 Å². The molecule has 0 aliphatic carbocycles. The maximum atomic E-state index is 6.30. The lowest BCUT2D eigenvalue weighted by Crippen LogP contribution is -1.97. The van der Waals surface area contributed by atoms with Crippen LogP contribution in [-0.4, -0.2) is 6.61 Å².